The van der Waals surface area contributed by atoms with Crippen molar-refractivity contribution in [1.82, 2.24) is 23.9 Å². The molecule has 0 unspecified atom stereocenters. The summed E-state index contributed by atoms with van der Waals surface area (Å²) in [6.45, 7) is 0. The lowest BCUT2D eigenvalue weighted by Crippen LogP contribution is -1.95. The summed E-state index contributed by atoms with van der Waals surface area (Å²) >= 11 is 0. The van der Waals surface area contributed by atoms with E-state index in [1.54, 1.807) is 6.20 Å². The van der Waals surface area contributed by atoms with Gasteiger partial charge in [0.2, 0.25) is 0 Å². The molecule has 41 heavy (non-hydrogen) atoms. The molecule has 1 aliphatic rings. The Morgan fingerprint density at radius 2 is 1.37 bits per heavy atom. The minimum Gasteiger partial charge on any atom is -0.309 e. The number of para-hydroxylation sites is 1. The van der Waals surface area contributed by atoms with Gasteiger partial charge in [-0.25, -0.2) is 15.0 Å². The van der Waals surface area contributed by atoms with Crippen LogP contribution in [0.5, 0.6) is 0 Å². The van der Waals surface area contributed by atoms with Gasteiger partial charge in [-0.05, 0) is 89.3 Å². The molecule has 10 rings (SSSR count). The highest BCUT2D eigenvalue weighted by atomic mass is 15.1. The normalized spacial score (nSPS) is 12.8. The van der Waals surface area contributed by atoms with Gasteiger partial charge in [0.15, 0.2) is 5.65 Å². The second-order valence-electron chi connectivity index (χ2n) is 10.9. The van der Waals surface area contributed by atoms with Crippen LogP contribution in [-0.2, 0) is 6.42 Å². The molecule has 0 N–H and O–H groups in total. The Morgan fingerprint density at radius 1 is 0.537 bits per heavy atom. The highest BCUT2D eigenvalue weighted by molar-refractivity contribution is 6.30. The van der Waals surface area contributed by atoms with Gasteiger partial charge in [0.1, 0.15) is 11.3 Å². The largest absolute Gasteiger partial charge is 0.309 e. The number of imidazole rings is 1. The SMILES string of the molecule is c1ccc(-n2c3cc4c(cc3c3c5c6cccnc6n6c7cccnc7nc6c5ccc32)Cc2ccccc2-4)cc1. The van der Waals surface area contributed by atoms with Crippen molar-refractivity contribution >= 4 is 60.4 Å². The predicted octanol–water partition coefficient (Wildman–Crippen LogP) is 8.25. The second-order valence-corrected chi connectivity index (χ2v) is 10.9. The summed E-state index contributed by atoms with van der Waals surface area (Å²) in [5.41, 5.74) is 12.5. The Balaban J connectivity index is 1.47. The van der Waals surface area contributed by atoms with E-state index >= 15 is 0 Å². The molecule has 0 radical (unpaired) electrons. The Hall–Kier alpha value is -5.55. The third-order valence-corrected chi connectivity index (χ3v) is 8.80. The highest BCUT2D eigenvalue weighted by Crippen LogP contribution is 2.45. The van der Waals surface area contributed by atoms with Crippen molar-refractivity contribution in [3.8, 4) is 16.8 Å². The first-order valence-electron chi connectivity index (χ1n) is 13.9. The molecule has 4 aromatic carbocycles. The van der Waals surface area contributed by atoms with Gasteiger partial charge in [-0.2, -0.15) is 0 Å². The summed E-state index contributed by atoms with van der Waals surface area (Å²) in [6, 6.07) is 37.1. The molecule has 9 aromatic rings. The Morgan fingerprint density at radius 3 is 2.32 bits per heavy atom. The molecule has 0 fully saturated rings. The van der Waals surface area contributed by atoms with E-state index in [1.807, 2.05) is 18.3 Å². The molecule has 1 aliphatic carbocycles. The number of rotatable bonds is 1. The summed E-state index contributed by atoms with van der Waals surface area (Å²) < 4.78 is 4.58. The number of hydrogen-bond donors (Lipinski definition) is 0. The maximum absolute atomic E-state index is 5.04. The first-order valence-corrected chi connectivity index (χ1v) is 13.9. The minimum absolute atomic E-state index is 0.731. The van der Waals surface area contributed by atoms with Crippen molar-refractivity contribution in [1.29, 1.82) is 0 Å². The maximum Gasteiger partial charge on any atom is 0.178 e. The summed E-state index contributed by atoms with van der Waals surface area (Å²) in [5, 5.41) is 5.89. The summed E-state index contributed by atoms with van der Waals surface area (Å²) in [6.07, 6.45) is 4.62. The van der Waals surface area contributed by atoms with E-state index < -0.39 is 0 Å². The fraction of sp³-hybridized carbons (Fsp3) is 0.0278. The molecule has 0 atom stereocenters. The molecule has 0 spiro atoms. The first-order chi connectivity index (χ1) is 20.3. The van der Waals surface area contributed by atoms with Crippen LogP contribution >= 0.6 is 0 Å². The number of nitrogens with zero attached hydrogens (tertiary/aromatic N) is 5. The van der Waals surface area contributed by atoms with Crippen LogP contribution in [0, 0.1) is 0 Å². The van der Waals surface area contributed by atoms with Crippen molar-refractivity contribution in [2.75, 3.05) is 0 Å². The van der Waals surface area contributed by atoms with Gasteiger partial charge in [0, 0.05) is 45.0 Å². The van der Waals surface area contributed by atoms with Crippen LogP contribution in [0.2, 0.25) is 0 Å². The van der Waals surface area contributed by atoms with E-state index in [4.69, 9.17) is 9.97 Å². The van der Waals surface area contributed by atoms with Gasteiger partial charge in [-0.15, -0.1) is 0 Å². The summed E-state index contributed by atoms with van der Waals surface area (Å²) in [4.78, 5) is 14.5. The van der Waals surface area contributed by atoms with Crippen LogP contribution in [0.25, 0.3) is 77.2 Å². The number of benzene rings is 4. The highest BCUT2D eigenvalue weighted by Gasteiger charge is 2.24. The number of hydrogen-bond acceptors (Lipinski definition) is 3. The van der Waals surface area contributed by atoms with Crippen LogP contribution in [0.3, 0.4) is 0 Å². The molecule has 0 aliphatic heterocycles. The number of fused-ring (bicyclic) bond motifs is 15. The standard InChI is InChI=1S/C36H21N5/c1-2-9-23(10-3-1)40-29-15-14-26-32(25-12-6-17-38-35(25)41-30-13-7-16-37-34(30)39-36(26)41)33(29)28-19-22-18-21-8-4-5-11-24(21)27(22)20-31(28)40/h1-17,19-20H,18H2. The van der Waals surface area contributed by atoms with E-state index in [-0.39, 0.29) is 0 Å². The average Bonchev–Trinajstić information content (AvgIpc) is 3.69. The van der Waals surface area contributed by atoms with Crippen molar-refractivity contribution in [3.05, 3.63) is 127 Å². The zero-order chi connectivity index (χ0) is 26.7. The maximum atomic E-state index is 5.04. The quantitative estimate of drug-likeness (QED) is 0.204. The lowest BCUT2D eigenvalue weighted by molar-refractivity contribution is 1.18. The lowest BCUT2D eigenvalue weighted by atomic mass is 9.99. The lowest BCUT2D eigenvalue weighted by Gasteiger charge is -2.11. The van der Waals surface area contributed by atoms with Crippen molar-refractivity contribution in [2.45, 2.75) is 6.42 Å². The Labute approximate surface area is 234 Å². The third kappa shape index (κ3) is 2.68. The molecule has 0 amide bonds. The number of pyridine rings is 3. The molecule has 5 heteroatoms. The zero-order valence-electron chi connectivity index (χ0n) is 21.9. The summed E-state index contributed by atoms with van der Waals surface area (Å²) in [7, 11) is 0. The summed E-state index contributed by atoms with van der Waals surface area (Å²) in [5.74, 6) is 0. The fourth-order valence-electron chi connectivity index (χ4n) is 7.14. The topological polar surface area (TPSA) is 48.0 Å². The van der Waals surface area contributed by atoms with Gasteiger partial charge in [-0.3, -0.25) is 4.40 Å². The van der Waals surface area contributed by atoms with Gasteiger partial charge in [0.25, 0.3) is 0 Å². The predicted molar refractivity (Wildman–Crippen MR) is 166 cm³/mol. The van der Waals surface area contributed by atoms with E-state index in [0.717, 1.165) is 45.3 Å². The van der Waals surface area contributed by atoms with E-state index in [1.165, 1.54) is 49.4 Å². The average molecular weight is 524 g/mol. The van der Waals surface area contributed by atoms with Gasteiger partial charge in [-0.1, -0.05) is 42.5 Å². The molecule has 5 aromatic heterocycles. The Bertz CT molecular complexity index is 2550. The third-order valence-electron chi connectivity index (χ3n) is 8.80. The van der Waals surface area contributed by atoms with Gasteiger partial charge >= 0.3 is 0 Å². The first kappa shape index (κ1) is 21.3. The molecule has 0 saturated heterocycles. The van der Waals surface area contributed by atoms with Crippen molar-refractivity contribution < 1.29 is 0 Å². The molecule has 5 nitrogen and oxygen atoms in total. The van der Waals surface area contributed by atoms with E-state index in [2.05, 4.69) is 105 Å². The van der Waals surface area contributed by atoms with Crippen molar-refractivity contribution in [2.24, 2.45) is 0 Å². The second kappa shape index (κ2) is 7.55. The molecular weight excluding hydrogens is 502 g/mol. The van der Waals surface area contributed by atoms with Crippen LogP contribution in [0.1, 0.15) is 11.1 Å². The molecular formula is C36H21N5. The molecule has 0 bridgehead atoms. The van der Waals surface area contributed by atoms with Gasteiger partial charge in [0.05, 0.1) is 16.6 Å². The smallest absolute Gasteiger partial charge is 0.178 e. The molecule has 0 saturated carbocycles. The van der Waals surface area contributed by atoms with Crippen molar-refractivity contribution in [3.63, 3.8) is 0 Å². The van der Waals surface area contributed by atoms with E-state index in [9.17, 15) is 0 Å². The fourth-order valence-corrected chi connectivity index (χ4v) is 7.14. The monoisotopic (exact) mass is 523 g/mol. The molecule has 5 heterocycles. The van der Waals surface area contributed by atoms with Crippen LogP contribution in [-0.4, -0.2) is 23.9 Å². The zero-order valence-corrected chi connectivity index (χ0v) is 21.9. The van der Waals surface area contributed by atoms with Crippen LogP contribution in [0.15, 0.2) is 116 Å². The molecule has 190 valence electrons. The van der Waals surface area contributed by atoms with Gasteiger partial charge < -0.3 is 4.57 Å². The Kier molecular flexibility index (Phi) is 3.92. The number of aromatic nitrogens is 5. The van der Waals surface area contributed by atoms with E-state index in [0.29, 0.717) is 0 Å². The minimum atomic E-state index is 0.731. The van der Waals surface area contributed by atoms with Crippen LogP contribution < -0.4 is 0 Å². The van der Waals surface area contributed by atoms with Crippen LogP contribution in [0.4, 0.5) is 0 Å².